The first-order valence-electron chi connectivity index (χ1n) is 11.8. The number of anilines is 3. The number of para-hydroxylation sites is 1. The predicted octanol–water partition coefficient (Wildman–Crippen LogP) is 4.93. The molecule has 0 radical (unpaired) electrons. The minimum Gasteiger partial charge on any atom is -0.376 e. The molecule has 7 nitrogen and oxygen atoms in total. The number of hydrogen-bond acceptors (Lipinski definition) is 4. The Kier molecular flexibility index (Phi) is 9.01. The van der Waals surface area contributed by atoms with E-state index in [1.54, 1.807) is 53.4 Å². The van der Waals surface area contributed by atoms with Crippen LogP contribution in [0.5, 0.6) is 0 Å². The maximum atomic E-state index is 12.9. The lowest BCUT2D eigenvalue weighted by molar-refractivity contribution is -0.114. The Hall–Kier alpha value is -4.13. The fourth-order valence-electron chi connectivity index (χ4n) is 3.47. The van der Waals surface area contributed by atoms with Gasteiger partial charge in [-0.05, 0) is 74.9 Å². The molecule has 0 fully saturated rings. The molecular weight excluding hydrogens is 440 g/mol. The number of rotatable bonds is 10. The van der Waals surface area contributed by atoms with Gasteiger partial charge in [-0.25, -0.2) is 0 Å². The summed E-state index contributed by atoms with van der Waals surface area (Å²) in [6.07, 6.45) is 0.840. The van der Waals surface area contributed by atoms with Crippen molar-refractivity contribution in [1.29, 1.82) is 0 Å². The second-order valence-electron chi connectivity index (χ2n) is 8.23. The van der Waals surface area contributed by atoms with E-state index in [1.165, 1.54) is 0 Å². The molecule has 0 aliphatic rings. The van der Waals surface area contributed by atoms with Crippen LogP contribution in [0.2, 0.25) is 0 Å². The highest BCUT2D eigenvalue weighted by Crippen LogP contribution is 2.18. The maximum Gasteiger partial charge on any atom is 0.258 e. The van der Waals surface area contributed by atoms with E-state index in [0.29, 0.717) is 23.4 Å². The number of hydrogen-bond donors (Lipinski definition) is 3. The molecule has 0 saturated carbocycles. The molecule has 0 spiro atoms. The first kappa shape index (κ1) is 25.5. The maximum absolute atomic E-state index is 12.9. The topological polar surface area (TPSA) is 90.5 Å². The molecule has 0 aliphatic carbocycles. The molecule has 1 unspecified atom stereocenters. The lowest BCUT2D eigenvalue weighted by atomic mass is 10.1. The molecule has 7 heteroatoms. The molecule has 0 aliphatic heterocycles. The standard InChI is InChI=1S/C28H32N4O3/c1-4-20(3)30-27(34)22-10-9-11-24(18-22)31-26(33)19-29-23-16-14-21(15-17-23)28(35)32(5-2)25-12-7-6-8-13-25/h6-18,20,29H,4-5,19H2,1-3H3,(H,30,34)(H,31,33). The van der Waals surface area contributed by atoms with Crippen LogP contribution >= 0.6 is 0 Å². The van der Waals surface area contributed by atoms with E-state index < -0.39 is 0 Å². The molecular formula is C28H32N4O3. The fourth-order valence-corrected chi connectivity index (χ4v) is 3.47. The van der Waals surface area contributed by atoms with E-state index in [-0.39, 0.29) is 30.3 Å². The zero-order valence-electron chi connectivity index (χ0n) is 20.4. The number of carbonyl (C=O) groups excluding carboxylic acids is 3. The summed E-state index contributed by atoms with van der Waals surface area (Å²) < 4.78 is 0. The Labute approximate surface area is 206 Å². The molecule has 3 aromatic carbocycles. The summed E-state index contributed by atoms with van der Waals surface area (Å²) in [7, 11) is 0. The molecule has 35 heavy (non-hydrogen) atoms. The van der Waals surface area contributed by atoms with Crippen LogP contribution in [0.15, 0.2) is 78.9 Å². The number of nitrogens with zero attached hydrogens (tertiary/aromatic N) is 1. The highest BCUT2D eigenvalue weighted by atomic mass is 16.2. The lowest BCUT2D eigenvalue weighted by Gasteiger charge is -2.21. The molecule has 182 valence electrons. The first-order chi connectivity index (χ1) is 16.9. The third kappa shape index (κ3) is 7.17. The third-order valence-electron chi connectivity index (χ3n) is 5.61. The van der Waals surface area contributed by atoms with Crippen LogP contribution < -0.4 is 20.9 Å². The van der Waals surface area contributed by atoms with Gasteiger partial charge in [-0.15, -0.1) is 0 Å². The Morgan fingerprint density at radius 2 is 1.54 bits per heavy atom. The zero-order valence-corrected chi connectivity index (χ0v) is 20.4. The smallest absolute Gasteiger partial charge is 0.258 e. The van der Waals surface area contributed by atoms with Crippen molar-refractivity contribution in [3.63, 3.8) is 0 Å². The second-order valence-corrected chi connectivity index (χ2v) is 8.23. The zero-order chi connectivity index (χ0) is 25.2. The molecule has 3 aromatic rings. The third-order valence-corrected chi connectivity index (χ3v) is 5.61. The van der Waals surface area contributed by atoms with Crippen LogP contribution in [0.1, 0.15) is 47.9 Å². The van der Waals surface area contributed by atoms with Crippen molar-refractivity contribution in [2.75, 3.05) is 28.6 Å². The van der Waals surface area contributed by atoms with Crippen molar-refractivity contribution < 1.29 is 14.4 Å². The number of carbonyl (C=O) groups is 3. The van der Waals surface area contributed by atoms with Gasteiger partial charge in [0.2, 0.25) is 5.91 Å². The molecule has 0 saturated heterocycles. The van der Waals surface area contributed by atoms with Gasteiger partial charge in [-0.2, -0.15) is 0 Å². The number of nitrogens with one attached hydrogen (secondary N) is 3. The van der Waals surface area contributed by atoms with Gasteiger partial charge in [0, 0.05) is 40.8 Å². The second kappa shape index (κ2) is 12.4. The van der Waals surface area contributed by atoms with E-state index in [1.807, 2.05) is 51.1 Å². The van der Waals surface area contributed by atoms with E-state index in [2.05, 4.69) is 16.0 Å². The SMILES string of the molecule is CCC(C)NC(=O)c1cccc(NC(=O)CNc2ccc(C(=O)N(CC)c3ccccc3)cc2)c1. The summed E-state index contributed by atoms with van der Waals surface area (Å²) in [6, 6.07) is 23.5. The van der Waals surface area contributed by atoms with Gasteiger partial charge >= 0.3 is 0 Å². The van der Waals surface area contributed by atoms with E-state index in [0.717, 1.165) is 17.8 Å². The fraction of sp³-hybridized carbons (Fsp3) is 0.250. The molecule has 3 amide bonds. The van der Waals surface area contributed by atoms with Gasteiger partial charge in [0.15, 0.2) is 0 Å². The van der Waals surface area contributed by atoms with Crippen LogP contribution in [0.3, 0.4) is 0 Å². The van der Waals surface area contributed by atoms with Crippen molar-refractivity contribution in [2.24, 2.45) is 0 Å². The van der Waals surface area contributed by atoms with Crippen LogP contribution in [-0.4, -0.2) is 36.9 Å². The predicted molar refractivity (Wildman–Crippen MR) is 141 cm³/mol. The first-order valence-corrected chi connectivity index (χ1v) is 11.8. The number of benzene rings is 3. The van der Waals surface area contributed by atoms with Gasteiger partial charge in [0.05, 0.1) is 6.54 Å². The van der Waals surface area contributed by atoms with Gasteiger partial charge in [-0.1, -0.05) is 31.2 Å². The summed E-state index contributed by atoms with van der Waals surface area (Å²) >= 11 is 0. The van der Waals surface area contributed by atoms with Crippen LogP contribution in [0.4, 0.5) is 17.1 Å². The summed E-state index contributed by atoms with van der Waals surface area (Å²) in [4.78, 5) is 39.4. The Balaban J connectivity index is 1.55. The minimum absolute atomic E-state index is 0.0433. The van der Waals surface area contributed by atoms with Gasteiger partial charge in [0.1, 0.15) is 0 Å². The van der Waals surface area contributed by atoms with Crippen molar-refractivity contribution in [3.05, 3.63) is 90.0 Å². The minimum atomic E-state index is -0.245. The van der Waals surface area contributed by atoms with Crippen molar-refractivity contribution in [3.8, 4) is 0 Å². The molecule has 0 aromatic heterocycles. The highest BCUT2D eigenvalue weighted by molar-refractivity contribution is 6.06. The lowest BCUT2D eigenvalue weighted by Crippen LogP contribution is -2.32. The summed E-state index contributed by atoms with van der Waals surface area (Å²) in [6.45, 7) is 6.49. The summed E-state index contributed by atoms with van der Waals surface area (Å²) in [5, 5.41) is 8.78. The molecule has 0 bridgehead atoms. The highest BCUT2D eigenvalue weighted by Gasteiger charge is 2.16. The van der Waals surface area contributed by atoms with Crippen LogP contribution in [-0.2, 0) is 4.79 Å². The average Bonchev–Trinajstić information content (AvgIpc) is 2.88. The van der Waals surface area contributed by atoms with Crippen LogP contribution in [0.25, 0.3) is 0 Å². The van der Waals surface area contributed by atoms with Gasteiger partial charge in [-0.3, -0.25) is 14.4 Å². The average molecular weight is 473 g/mol. The van der Waals surface area contributed by atoms with Crippen LogP contribution in [0, 0.1) is 0 Å². The summed E-state index contributed by atoms with van der Waals surface area (Å²) in [5.74, 6) is -0.497. The molecule has 3 rings (SSSR count). The van der Waals surface area contributed by atoms with Crippen molar-refractivity contribution in [1.82, 2.24) is 5.32 Å². The van der Waals surface area contributed by atoms with E-state index >= 15 is 0 Å². The molecule has 1 atom stereocenters. The van der Waals surface area contributed by atoms with E-state index in [4.69, 9.17) is 0 Å². The Morgan fingerprint density at radius 3 is 2.20 bits per heavy atom. The van der Waals surface area contributed by atoms with Crippen molar-refractivity contribution in [2.45, 2.75) is 33.2 Å². The Morgan fingerprint density at radius 1 is 0.829 bits per heavy atom. The number of amides is 3. The van der Waals surface area contributed by atoms with Gasteiger partial charge in [0.25, 0.3) is 11.8 Å². The van der Waals surface area contributed by atoms with E-state index in [9.17, 15) is 14.4 Å². The molecule has 3 N–H and O–H groups in total. The quantitative estimate of drug-likeness (QED) is 0.390. The largest absolute Gasteiger partial charge is 0.376 e. The van der Waals surface area contributed by atoms with Crippen molar-refractivity contribution >= 4 is 34.8 Å². The summed E-state index contributed by atoms with van der Waals surface area (Å²) in [5.41, 5.74) is 3.18. The Bertz CT molecular complexity index is 1150. The monoisotopic (exact) mass is 472 g/mol. The molecule has 0 heterocycles. The van der Waals surface area contributed by atoms with Gasteiger partial charge < -0.3 is 20.9 Å². The normalized spacial score (nSPS) is 11.3.